The van der Waals surface area contributed by atoms with Gasteiger partial charge in [-0.1, -0.05) is 47.5 Å². The largest absolute Gasteiger partial charge is 0.493 e. The quantitative estimate of drug-likeness (QED) is 0.318. The summed E-state index contributed by atoms with van der Waals surface area (Å²) in [5.74, 6) is 1.53. The number of aromatic amines is 1. The molecule has 5 nitrogen and oxygen atoms in total. The van der Waals surface area contributed by atoms with Crippen LogP contribution >= 0.6 is 23.2 Å². The second-order valence-electron chi connectivity index (χ2n) is 7.18. The van der Waals surface area contributed by atoms with Crippen LogP contribution in [0.5, 0.6) is 11.5 Å². The smallest absolute Gasteiger partial charge is 0.168 e. The highest BCUT2D eigenvalue weighted by atomic mass is 35.5. The van der Waals surface area contributed by atoms with Gasteiger partial charge in [-0.25, -0.2) is 4.98 Å². The molecule has 1 aromatic heterocycles. The predicted molar refractivity (Wildman–Crippen MR) is 128 cm³/mol. The molecule has 160 valence electrons. The van der Waals surface area contributed by atoms with Crippen molar-refractivity contribution in [3.63, 3.8) is 0 Å². The second kappa shape index (κ2) is 9.35. The highest BCUT2D eigenvalue weighted by molar-refractivity contribution is 6.35. The maximum Gasteiger partial charge on any atom is 0.168 e. The molecule has 0 aliphatic heterocycles. The molecule has 4 aromatic rings. The van der Waals surface area contributed by atoms with E-state index in [1.165, 1.54) is 0 Å². The number of nitrogens with zero attached hydrogens (tertiary/aromatic N) is 2. The van der Waals surface area contributed by atoms with Crippen molar-refractivity contribution < 1.29 is 9.47 Å². The first-order valence-electron chi connectivity index (χ1n) is 9.80. The number of hydrogen-bond donors (Lipinski definition) is 1. The van der Waals surface area contributed by atoms with Crippen molar-refractivity contribution in [2.24, 2.45) is 0 Å². The van der Waals surface area contributed by atoms with Gasteiger partial charge in [0.15, 0.2) is 11.5 Å². The SMILES string of the molecule is COc1cccc(/C=C(/C#N)c2nc3ccc(C)cc3[nH]2)c1OCc1ccc(Cl)cc1Cl. The highest BCUT2D eigenvalue weighted by Crippen LogP contribution is 2.35. The zero-order valence-corrected chi connectivity index (χ0v) is 19.0. The molecule has 7 heteroatoms. The molecule has 0 saturated heterocycles. The van der Waals surface area contributed by atoms with Gasteiger partial charge in [0.2, 0.25) is 0 Å². The van der Waals surface area contributed by atoms with Crippen molar-refractivity contribution in [3.05, 3.63) is 87.2 Å². The minimum atomic E-state index is 0.211. The molecule has 0 aliphatic rings. The van der Waals surface area contributed by atoms with Crippen LogP contribution in [-0.4, -0.2) is 17.1 Å². The number of allylic oxidation sites excluding steroid dienone is 1. The Balaban J connectivity index is 1.71. The topological polar surface area (TPSA) is 70.9 Å². The summed E-state index contributed by atoms with van der Waals surface area (Å²) in [6.45, 7) is 2.22. The normalized spacial score (nSPS) is 11.4. The summed E-state index contributed by atoms with van der Waals surface area (Å²) >= 11 is 12.3. The van der Waals surface area contributed by atoms with Crippen LogP contribution in [0.2, 0.25) is 10.0 Å². The van der Waals surface area contributed by atoms with Crippen molar-refractivity contribution in [2.75, 3.05) is 7.11 Å². The van der Waals surface area contributed by atoms with Gasteiger partial charge in [0, 0.05) is 21.2 Å². The number of H-pyrrole nitrogens is 1. The number of hydrogen-bond acceptors (Lipinski definition) is 4. The number of methoxy groups -OCH3 is 1. The lowest BCUT2D eigenvalue weighted by molar-refractivity contribution is 0.284. The number of ether oxygens (including phenoxy) is 2. The Hall–Kier alpha value is -3.46. The van der Waals surface area contributed by atoms with E-state index in [9.17, 15) is 5.26 Å². The molecule has 3 aromatic carbocycles. The molecule has 0 unspecified atom stereocenters. The van der Waals surface area contributed by atoms with Crippen LogP contribution in [0, 0.1) is 18.3 Å². The number of benzene rings is 3. The average molecular weight is 464 g/mol. The molecular weight excluding hydrogens is 445 g/mol. The number of fused-ring (bicyclic) bond motifs is 1. The zero-order chi connectivity index (χ0) is 22.7. The van der Waals surface area contributed by atoms with E-state index in [0.29, 0.717) is 38.5 Å². The first kappa shape index (κ1) is 21.8. The summed E-state index contributed by atoms with van der Waals surface area (Å²) in [5.41, 5.74) is 4.63. The van der Waals surface area contributed by atoms with E-state index in [1.54, 1.807) is 31.4 Å². The molecule has 0 atom stereocenters. The van der Waals surface area contributed by atoms with Crippen LogP contribution in [0.3, 0.4) is 0 Å². The Morgan fingerprint density at radius 2 is 2.00 bits per heavy atom. The van der Waals surface area contributed by atoms with E-state index >= 15 is 0 Å². The number of aromatic nitrogens is 2. The molecule has 32 heavy (non-hydrogen) atoms. The van der Waals surface area contributed by atoms with Gasteiger partial charge in [0.05, 0.1) is 23.7 Å². The fraction of sp³-hybridized carbons (Fsp3) is 0.120. The summed E-state index contributed by atoms with van der Waals surface area (Å²) in [6.07, 6.45) is 1.73. The number of nitrogens with one attached hydrogen (secondary N) is 1. The Labute approximate surface area is 195 Å². The third-order valence-corrected chi connectivity index (χ3v) is 5.52. The van der Waals surface area contributed by atoms with Crippen molar-refractivity contribution in [1.29, 1.82) is 5.26 Å². The molecule has 0 amide bonds. The number of para-hydroxylation sites is 1. The first-order valence-corrected chi connectivity index (χ1v) is 10.6. The minimum absolute atomic E-state index is 0.211. The van der Waals surface area contributed by atoms with E-state index in [-0.39, 0.29) is 6.61 Å². The average Bonchev–Trinajstić information content (AvgIpc) is 3.20. The molecule has 0 bridgehead atoms. The molecule has 0 saturated carbocycles. The predicted octanol–water partition coefficient (Wildman–Crippen LogP) is 6.83. The number of aryl methyl sites for hydroxylation is 1. The Morgan fingerprint density at radius 3 is 2.75 bits per heavy atom. The molecule has 1 N–H and O–H groups in total. The van der Waals surface area contributed by atoms with Crippen molar-refractivity contribution in [2.45, 2.75) is 13.5 Å². The Morgan fingerprint density at radius 1 is 1.16 bits per heavy atom. The van der Waals surface area contributed by atoms with Gasteiger partial charge in [-0.3, -0.25) is 0 Å². The van der Waals surface area contributed by atoms with Gasteiger partial charge in [-0.2, -0.15) is 5.26 Å². The zero-order valence-electron chi connectivity index (χ0n) is 17.4. The third-order valence-electron chi connectivity index (χ3n) is 4.93. The van der Waals surface area contributed by atoms with Crippen LogP contribution in [0.4, 0.5) is 0 Å². The summed E-state index contributed by atoms with van der Waals surface area (Å²) in [6, 6.07) is 18.9. The van der Waals surface area contributed by atoms with Crippen LogP contribution in [0.15, 0.2) is 54.6 Å². The van der Waals surface area contributed by atoms with Gasteiger partial charge in [0.1, 0.15) is 18.5 Å². The van der Waals surface area contributed by atoms with Gasteiger partial charge in [-0.15, -0.1) is 0 Å². The molecule has 1 heterocycles. The molecular formula is C25H19Cl2N3O2. The standard InChI is InChI=1S/C25H19Cl2N3O2/c1-15-6-9-21-22(10-15)30-25(29-21)18(13-28)11-16-4-3-5-23(31-2)24(16)32-14-17-7-8-19(26)12-20(17)27/h3-12H,14H2,1-2H3,(H,29,30)/b18-11-. The van der Waals surface area contributed by atoms with E-state index in [1.807, 2.05) is 43.3 Å². The van der Waals surface area contributed by atoms with Crippen molar-refractivity contribution in [3.8, 4) is 17.6 Å². The lowest BCUT2D eigenvalue weighted by Gasteiger charge is -2.14. The number of rotatable bonds is 6. The summed E-state index contributed by atoms with van der Waals surface area (Å²) < 4.78 is 11.6. The first-order chi connectivity index (χ1) is 15.5. The fourth-order valence-electron chi connectivity index (χ4n) is 3.31. The van der Waals surface area contributed by atoms with Gasteiger partial charge in [-0.05, 0) is 48.9 Å². The second-order valence-corrected chi connectivity index (χ2v) is 8.02. The van der Waals surface area contributed by atoms with Crippen LogP contribution in [-0.2, 0) is 6.61 Å². The highest BCUT2D eigenvalue weighted by Gasteiger charge is 2.14. The van der Waals surface area contributed by atoms with E-state index in [4.69, 9.17) is 32.7 Å². The fourth-order valence-corrected chi connectivity index (χ4v) is 3.77. The van der Waals surface area contributed by atoms with E-state index in [2.05, 4.69) is 16.0 Å². The Kier molecular flexibility index (Phi) is 6.36. The van der Waals surface area contributed by atoms with Crippen LogP contribution < -0.4 is 9.47 Å². The van der Waals surface area contributed by atoms with Crippen molar-refractivity contribution >= 4 is 45.9 Å². The third kappa shape index (κ3) is 4.57. The number of nitriles is 1. The summed E-state index contributed by atoms with van der Waals surface area (Å²) in [5, 5.41) is 10.9. The Bertz CT molecular complexity index is 1370. The van der Waals surface area contributed by atoms with E-state index in [0.717, 1.165) is 22.2 Å². The monoisotopic (exact) mass is 463 g/mol. The van der Waals surface area contributed by atoms with Crippen molar-refractivity contribution in [1.82, 2.24) is 9.97 Å². The molecule has 0 radical (unpaired) electrons. The van der Waals surface area contributed by atoms with Gasteiger partial charge < -0.3 is 14.5 Å². The maximum atomic E-state index is 9.83. The van der Waals surface area contributed by atoms with Crippen LogP contribution in [0.25, 0.3) is 22.7 Å². The molecule has 0 aliphatic carbocycles. The maximum absolute atomic E-state index is 9.83. The lowest BCUT2D eigenvalue weighted by atomic mass is 10.1. The molecule has 0 fully saturated rings. The number of imidazole rings is 1. The lowest BCUT2D eigenvalue weighted by Crippen LogP contribution is -2.00. The summed E-state index contributed by atoms with van der Waals surface area (Å²) in [7, 11) is 1.57. The van der Waals surface area contributed by atoms with Gasteiger partial charge >= 0.3 is 0 Å². The van der Waals surface area contributed by atoms with Gasteiger partial charge in [0.25, 0.3) is 0 Å². The number of halogens is 2. The minimum Gasteiger partial charge on any atom is -0.493 e. The summed E-state index contributed by atoms with van der Waals surface area (Å²) in [4.78, 5) is 7.78. The van der Waals surface area contributed by atoms with Crippen LogP contribution in [0.1, 0.15) is 22.5 Å². The molecule has 0 spiro atoms. The van der Waals surface area contributed by atoms with E-state index < -0.39 is 0 Å². The molecule has 4 rings (SSSR count).